The lowest BCUT2D eigenvalue weighted by molar-refractivity contribution is 0.422. The van der Waals surface area contributed by atoms with Crippen molar-refractivity contribution in [2.45, 2.75) is 13.0 Å². The monoisotopic (exact) mass is 189 g/mol. The summed E-state index contributed by atoms with van der Waals surface area (Å²) in [5.41, 5.74) is 5.72. The van der Waals surface area contributed by atoms with Crippen molar-refractivity contribution in [3.05, 3.63) is 28.5 Å². The molecule has 1 atom stereocenters. The van der Waals surface area contributed by atoms with Crippen molar-refractivity contribution in [2.75, 3.05) is 0 Å². The summed E-state index contributed by atoms with van der Waals surface area (Å²) in [5.74, 6) is -1.16. The van der Waals surface area contributed by atoms with E-state index < -0.39 is 17.6 Å². The van der Waals surface area contributed by atoms with Gasteiger partial charge in [0.15, 0.2) is 11.6 Å². The SMILES string of the molecule is CC(N)c1c(Cl)ccc(F)c1O. The highest BCUT2D eigenvalue weighted by Gasteiger charge is 2.14. The first-order chi connectivity index (χ1) is 5.54. The van der Waals surface area contributed by atoms with Crippen LogP contribution in [0.3, 0.4) is 0 Å². The molecule has 3 N–H and O–H groups in total. The number of hydrogen-bond donors (Lipinski definition) is 2. The zero-order valence-corrected chi connectivity index (χ0v) is 7.27. The predicted molar refractivity (Wildman–Crippen MR) is 45.7 cm³/mol. The van der Waals surface area contributed by atoms with Crippen molar-refractivity contribution in [3.63, 3.8) is 0 Å². The quantitative estimate of drug-likeness (QED) is 0.712. The van der Waals surface area contributed by atoms with Gasteiger partial charge >= 0.3 is 0 Å². The van der Waals surface area contributed by atoms with Gasteiger partial charge in [0.25, 0.3) is 0 Å². The average Bonchev–Trinajstić information content (AvgIpc) is 1.97. The summed E-state index contributed by atoms with van der Waals surface area (Å²) in [6.07, 6.45) is 0. The second-order valence-corrected chi connectivity index (χ2v) is 2.99. The zero-order chi connectivity index (χ0) is 9.30. The Morgan fingerprint density at radius 2 is 2.17 bits per heavy atom. The normalized spacial score (nSPS) is 13.0. The van der Waals surface area contributed by atoms with E-state index in [9.17, 15) is 9.50 Å². The molecule has 1 aromatic rings. The van der Waals surface area contributed by atoms with Gasteiger partial charge in [0.05, 0.1) is 0 Å². The van der Waals surface area contributed by atoms with Crippen LogP contribution in [0.2, 0.25) is 5.02 Å². The summed E-state index contributed by atoms with van der Waals surface area (Å²) in [7, 11) is 0. The Labute approximate surface area is 74.8 Å². The van der Waals surface area contributed by atoms with E-state index in [1.165, 1.54) is 6.07 Å². The first kappa shape index (κ1) is 9.29. The van der Waals surface area contributed by atoms with Gasteiger partial charge in [-0.1, -0.05) is 11.6 Å². The van der Waals surface area contributed by atoms with Gasteiger partial charge in [-0.2, -0.15) is 0 Å². The highest BCUT2D eigenvalue weighted by atomic mass is 35.5. The van der Waals surface area contributed by atoms with Crippen LogP contribution in [0.5, 0.6) is 5.75 Å². The summed E-state index contributed by atoms with van der Waals surface area (Å²) in [4.78, 5) is 0. The predicted octanol–water partition coefficient (Wildman–Crippen LogP) is 2.20. The van der Waals surface area contributed by atoms with Crippen molar-refractivity contribution in [1.29, 1.82) is 0 Å². The molecule has 0 saturated heterocycles. The Kier molecular flexibility index (Phi) is 2.55. The van der Waals surface area contributed by atoms with Crippen LogP contribution in [0.1, 0.15) is 18.5 Å². The van der Waals surface area contributed by atoms with E-state index in [1.807, 2.05) is 0 Å². The van der Waals surface area contributed by atoms with Crippen LogP contribution in [-0.2, 0) is 0 Å². The summed E-state index contributed by atoms with van der Waals surface area (Å²) < 4.78 is 12.8. The molecule has 1 unspecified atom stereocenters. The highest BCUT2D eigenvalue weighted by Crippen LogP contribution is 2.32. The van der Waals surface area contributed by atoms with Crippen molar-refractivity contribution in [3.8, 4) is 5.75 Å². The molecular formula is C8H9ClFNO. The summed E-state index contributed by atoms with van der Waals surface area (Å²) in [5, 5.41) is 9.49. The molecule has 0 bridgehead atoms. The fourth-order valence-corrected chi connectivity index (χ4v) is 1.31. The van der Waals surface area contributed by atoms with Crippen LogP contribution in [0.15, 0.2) is 12.1 Å². The molecule has 0 amide bonds. The number of nitrogens with two attached hydrogens (primary N) is 1. The minimum Gasteiger partial charge on any atom is -0.505 e. The van der Waals surface area contributed by atoms with E-state index in [4.69, 9.17) is 17.3 Å². The maximum absolute atomic E-state index is 12.8. The van der Waals surface area contributed by atoms with Crippen LogP contribution < -0.4 is 5.73 Å². The van der Waals surface area contributed by atoms with Gasteiger partial charge in [-0.3, -0.25) is 0 Å². The third-order valence-electron chi connectivity index (χ3n) is 1.57. The van der Waals surface area contributed by atoms with Crippen molar-refractivity contribution in [2.24, 2.45) is 5.73 Å². The number of halogens is 2. The summed E-state index contributed by atoms with van der Waals surface area (Å²) in [6.45, 7) is 1.63. The van der Waals surface area contributed by atoms with E-state index >= 15 is 0 Å². The Hall–Kier alpha value is -0.800. The molecule has 0 aromatic heterocycles. The zero-order valence-electron chi connectivity index (χ0n) is 6.51. The molecule has 1 aromatic carbocycles. The lowest BCUT2D eigenvalue weighted by Crippen LogP contribution is -2.06. The Morgan fingerprint density at radius 3 is 2.58 bits per heavy atom. The van der Waals surface area contributed by atoms with E-state index in [0.29, 0.717) is 0 Å². The number of aromatic hydroxyl groups is 1. The largest absolute Gasteiger partial charge is 0.505 e. The number of phenolic OH excluding ortho intramolecular Hbond substituents is 1. The molecule has 0 spiro atoms. The molecule has 0 aliphatic rings. The number of phenols is 1. The van der Waals surface area contributed by atoms with Crippen molar-refractivity contribution in [1.82, 2.24) is 0 Å². The second-order valence-electron chi connectivity index (χ2n) is 2.58. The van der Waals surface area contributed by atoms with Gasteiger partial charge < -0.3 is 10.8 Å². The molecule has 0 fully saturated rings. The lowest BCUT2D eigenvalue weighted by atomic mass is 10.1. The molecular weight excluding hydrogens is 181 g/mol. The van der Waals surface area contributed by atoms with E-state index in [-0.39, 0.29) is 10.6 Å². The Morgan fingerprint density at radius 1 is 1.58 bits per heavy atom. The topological polar surface area (TPSA) is 46.2 Å². The minimum atomic E-state index is -0.702. The molecule has 0 saturated carbocycles. The maximum atomic E-state index is 12.8. The van der Waals surface area contributed by atoms with Gasteiger partial charge in [-0.15, -0.1) is 0 Å². The van der Waals surface area contributed by atoms with Gasteiger partial charge in [0, 0.05) is 16.6 Å². The maximum Gasteiger partial charge on any atom is 0.165 e. The Bertz CT molecular complexity index is 301. The molecule has 12 heavy (non-hydrogen) atoms. The fourth-order valence-electron chi connectivity index (χ4n) is 0.990. The van der Waals surface area contributed by atoms with Gasteiger partial charge in [-0.05, 0) is 19.1 Å². The number of hydrogen-bond acceptors (Lipinski definition) is 2. The van der Waals surface area contributed by atoms with Crippen LogP contribution >= 0.6 is 11.6 Å². The van der Waals surface area contributed by atoms with Crippen LogP contribution in [0.25, 0.3) is 0 Å². The standard InChI is InChI=1S/C8H9ClFNO/c1-4(11)7-5(9)2-3-6(10)8(7)12/h2-4,12H,11H2,1H3. The minimum absolute atomic E-state index is 0.247. The van der Waals surface area contributed by atoms with Gasteiger partial charge in [-0.25, -0.2) is 4.39 Å². The van der Waals surface area contributed by atoms with E-state index in [0.717, 1.165) is 6.07 Å². The molecule has 1 rings (SSSR count). The molecule has 0 heterocycles. The summed E-state index contributed by atoms with van der Waals surface area (Å²) >= 11 is 5.69. The summed E-state index contributed by atoms with van der Waals surface area (Å²) in [6, 6.07) is 1.99. The number of benzene rings is 1. The van der Waals surface area contributed by atoms with E-state index in [1.54, 1.807) is 6.92 Å². The molecule has 2 nitrogen and oxygen atoms in total. The van der Waals surface area contributed by atoms with Gasteiger partial charge in [0.1, 0.15) is 0 Å². The third-order valence-corrected chi connectivity index (χ3v) is 1.90. The number of rotatable bonds is 1. The third kappa shape index (κ3) is 1.52. The first-order valence-electron chi connectivity index (χ1n) is 3.46. The van der Waals surface area contributed by atoms with Crippen molar-refractivity contribution < 1.29 is 9.50 Å². The van der Waals surface area contributed by atoms with Crippen LogP contribution in [0.4, 0.5) is 4.39 Å². The van der Waals surface area contributed by atoms with Crippen molar-refractivity contribution >= 4 is 11.6 Å². The van der Waals surface area contributed by atoms with Crippen LogP contribution in [-0.4, -0.2) is 5.11 Å². The highest BCUT2D eigenvalue weighted by molar-refractivity contribution is 6.31. The van der Waals surface area contributed by atoms with E-state index in [2.05, 4.69) is 0 Å². The molecule has 0 radical (unpaired) electrons. The smallest absolute Gasteiger partial charge is 0.165 e. The average molecular weight is 190 g/mol. The molecule has 0 aliphatic heterocycles. The Balaban J connectivity index is 3.33. The van der Waals surface area contributed by atoms with Gasteiger partial charge in [0.2, 0.25) is 0 Å². The van der Waals surface area contributed by atoms with Crippen LogP contribution in [0, 0.1) is 5.82 Å². The molecule has 0 aliphatic carbocycles. The fraction of sp³-hybridized carbons (Fsp3) is 0.250. The molecule has 66 valence electrons. The second kappa shape index (κ2) is 3.29. The first-order valence-corrected chi connectivity index (χ1v) is 3.84. The molecule has 4 heteroatoms. The lowest BCUT2D eigenvalue weighted by Gasteiger charge is -2.10.